The van der Waals surface area contributed by atoms with E-state index in [9.17, 15) is 14.5 Å². The van der Waals surface area contributed by atoms with Crippen LogP contribution in [0.2, 0.25) is 0 Å². The molecule has 0 unspecified atom stereocenters. The van der Waals surface area contributed by atoms with Crippen LogP contribution in [0.1, 0.15) is 0 Å². The van der Waals surface area contributed by atoms with Crippen molar-refractivity contribution in [1.29, 1.82) is 0 Å². The molecule has 1 atom stereocenters. The minimum Gasteiger partial charge on any atom is -0.475 e. The Morgan fingerprint density at radius 1 is 1.82 bits per heavy atom. The fraction of sp³-hybridized carbons (Fsp3) is 0.200. The van der Waals surface area contributed by atoms with E-state index in [0.29, 0.717) is 0 Å². The fourth-order valence-electron chi connectivity index (χ4n) is 0.576. The van der Waals surface area contributed by atoms with E-state index >= 15 is 0 Å². The molecule has 1 heterocycles. The molecule has 60 valence electrons. The van der Waals surface area contributed by atoms with Gasteiger partial charge in [-0.15, -0.1) is 0 Å². The van der Waals surface area contributed by atoms with Crippen LogP contribution < -0.4 is 0 Å². The Labute approximate surface area is 66.0 Å². The molecule has 1 rings (SSSR count). The summed E-state index contributed by atoms with van der Waals surface area (Å²) >= 11 is 5.20. The van der Waals surface area contributed by atoms with Gasteiger partial charge in [-0.25, -0.2) is 0 Å². The van der Waals surface area contributed by atoms with Crippen molar-refractivity contribution < 1.29 is 14.1 Å². The highest BCUT2D eigenvalue weighted by molar-refractivity contribution is 6.21. The van der Waals surface area contributed by atoms with Gasteiger partial charge in [-0.3, -0.25) is 10.1 Å². The van der Waals surface area contributed by atoms with Crippen LogP contribution in [0.3, 0.4) is 0 Å². The first-order valence-electron chi connectivity index (χ1n) is 2.63. The zero-order chi connectivity index (χ0) is 8.43. The third-order valence-corrected chi connectivity index (χ3v) is 1.36. The van der Waals surface area contributed by atoms with Gasteiger partial charge in [0.15, 0.2) is 0 Å². The van der Waals surface area contributed by atoms with Crippen LogP contribution in [-0.4, -0.2) is 10.5 Å². The summed E-state index contributed by atoms with van der Waals surface area (Å²) in [6.07, 6.45) is 1.90. The first kappa shape index (κ1) is 8.00. The Bertz CT molecular complexity index is 250. The molecule has 11 heavy (non-hydrogen) atoms. The van der Waals surface area contributed by atoms with E-state index in [1.807, 2.05) is 0 Å². The average Bonchev–Trinajstić information content (AvgIpc) is 1.94. The maximum absolute atomic E-state index is 12.6. The summed E-state index contributed by atoms with van der Waals surface area (Å²) in [7, 11) is 0. The van der Waals surface area contributed by atoms with Gasteiger partial charge in [0.25, 0.3) is 0 Å². The number of hydrogen-bond acceptors (Lipinski definition) is 3. The van der Waals surface area contributed by atoms with E-state index in [4.69, 9.17) is 11.6 Å². The molecule has 6 heteroatoms. The Morgan fingerprint density at radius 2 is 2.45 bits per heavy atom. The van der Waals surface area contributed by atoms with Gasteiger partial charge in [0.1, 0.15) is 0 Å². The van der Waals surface area contributed by atoms with Crippen molar-refractivity contribution in [2.75, 3.05) is 0 Å². The standard InChI is InChI=1S/C5H3ClFNO3/c6-5-4(7)3(8(9)10)1-2-11-5/h1-2,5H/t5-/m0/s1. The van der Waals surface area contributed by atoms with Gasteiger partial charge in [0.2, 0.25) is 11.4 Å². The summed E-state index contributed by atoms with van der Waals surface area (Å²) in [6.45, 7) is 0. The van der Waals surface area contributed by atoms with E-state index in [1.165, 1.54) is 0 Å². The van der Waals surface area contributed by atoms with E-state index in [1.54, 1.807) is 0 Å². The topological polar surface area (TPSA) is 52.4 Å². The molecule has 0 aromatic carbocycles. The zero-order valence-corrected chi connectivity index (χ0v) is 5.92. The van der Waals surface area contributed by atoms with Crippen LogP contribution >= 0.6 is 11.6 Å². The first-order valence-corrected chi connectivity index (χ1v) is 3.06. The quantitative estimate of drug-likeness (QED) is 0.349. The molecule has 1 aliphatic heterocycles. The minimum atomic E-state index is -1.37. The van der Waals surface area contributed by atoms with Gasteiger partial charge >= 0.3 is 5.70 Å². The van der Waals surface area contributed by atoms with Crippen LogP contribution in [0.25, 0.3) is 0 Å². The smallest absolute Gasteiger partial charge is 0.308 e. The monoisotopic (exact) mass is 179 g/mol. The molecule has 1 aliphatic rings. The third kappa shape index (κ3) is 1.48. The van der Waals surface area contributed by atoms with E-state index in [2.05, 4.69) is 4.74 Å². The van der Waals surface area contributed by atoms with Crippen LogP contribution in [0, 0.1) is 10.1 Å². The largest absolute Gasteiger partial charge is 0.475 e. The second kappa shape index (κ2) is 2.87. The Hall–Kier alpha value is -1.10. The number of nitrogens with zero attached hydrogens (tertiary/aromatic N) is 1. The predicted molar refractivity (Wildman–Crippen MR) is 35.0 cm³/mol. The van der Waals surface area contributed by atoms with Crippen LogP contribution in [0.5, 0.6) is 0 Å². The molecule has 0 saturated carbocycles. The molecule has 0 saturated heterocycles. The van der Waals surface area contributed by atoms with E-state index < -0.39 is 22.0 Å². The number of hydrogen-bond donors (Lipinski definition) is 0. The van der Waals surface area contributed by atoms with Gasteiger partial charge in [-0.05, 0) is 0 Å². The molecule has 0 radical (unpaired) electrons. The summed E-state index contributed by atoms with van der Waals surface area (Å²) in [6, 6.07) is 0. The molecule has 4 nitrogen and oxygen atoms in total. The highest BCUT2D eigenvalue weighted by Gasteiger charge is 2.26. The molecule has 0 aromatic rings. The molecule has 0 amide bonds. The number of allylic oxidation sites excluding steroid dienone is 1. The Balaban J connectivity index is 2.98. The number of rotatable bonds is 1. The third-order valence-electron chi connectivity index (χ3n) is 1.06. The average molecular weight is 180 g/mol. The first-order chi connectivity index (χ1) is 5.13. The molecular formula is C5H3ClFNO3. The molecule has 0 fully saturated rings. The minimum absolute atomic E-state index is 0.656. The molecule has 0 aliphatic carbocycles. The lowest BCUT2D eigenvalue weighted by molar-refractivity contribution is -0.422. The van der Waals surface area contributed by atoms with Crippen molar-refractivity contribution in [2.45, 2.75) is 5.56 Å². The zero-order valence-electron chi connectivity index (χ0n) is 5.16. The lowest BCUT2D eigenvalue weighted by atomic mass is 10.3. The van der Waals surface area contributed by atoms with Gasteiger partial charge in [-0.1, -0.05) is 11.6 Å². The summed E-state index contributed by atoms with van der Waals surface area (Å²) in [5.74, 6) is -1.07. The number of halogens is 2. The van der Waals surface area contributed by atoms with Crippen molar-refractivity contribution in [2.24, 2.45) is 0 Å². The highest BCUT2D eigenvalue weighted by atomic mass is 35.5. The van der Waals surface area contributed by atoms with Gasteiger partial charge in [-0.2, -0.15) is 4.39 Å². The van der Waals surface area contributed by atoms with Gasteiger partial charge in [0.05, 0.1) is 17.3 Å². The maximum Gasteiger partial charge on any atom is 0.308 e. The van der Waals surface area contributed by atoms with E-state index in [-0.39, 0.29) is 0 Å². The van der Waals surface area contributed by atoms with Crippen molar-refractivity contribution >= 4 is 11.6 Å². The van der Waals surface area contributed by atoms with Gasteiger partial charge < -0.3 is 4.74 Å². The maximum atomic E-state index is 12.6. The van der Waals surface area contributed by atoms with Gasteiger partial charge in [0, 0.05) is 0 Å². The van der Waals surface area contributed by atoms with Crippen LogP contribution in [0.4, 0.5) is 4.39 Å². The summed E-state index contributed by atoms with van der Waals surface area (Å²) in [5.41, 5.74) is -2.03. The second-order valence-corrected chi connectivity index (χ2v) is 2.14. The number of ether oxygens (including phenoxy) is 1. The highest BCUT2D eigenvalue weighted by Crippen LogP contribution is 2.22. The second-order valence-electron chi connectivity index (χ2n) is 1.75. The lowest BCUT2D eigenvalue weighted by Crippen LogP contribution is -2.12. The van der Waals surface area contributed by atoms with Crippen LogP contribution in [0.15, 0.2) is 23.9 Å². The molecule has 0 bridgehead atoms. The van der Waals surface area contributed by atoms with E-state index in [0.717, 1.165) is 12.3 Å². The molecule has 0 N–H and O–H groups in total. The van der Waals surface area contributed by atoms with Crippen molar-refractivity contribution in [3.63, 3.8) is 0 Å². The van der Waals surface area contributed by atoms with Crippen molar-refractivity contribution in [1.82, 2.24) is 0 Å². The summed E-state index contributed by atoms with van der Waals surface area (Å²) < 4.78 is 17.0. The normalized spacial score (nSPS) is 23.3. The Kier molecular flexibility index (Phi) is 2.09. The Morgan fingerprint density at radius 3 is 2.91 bits per heavy atom. The summed E-state index contributed by atoms with van der Waals surface area (Å²) in [4.78, 5) is 9.20. The molecular weight excluding hydrogens is 177 g/mol. The predicted octanol–water partition coefficient (Wildman–Crippen LogP) is 1.55. The van der Waals surface area contributed by atoms with Crippen LogP contribution in [-0.2, 0) is 4.74 Å². The SMILES string of the molecule is O=[N+]([O-])C1=C(F)[C@@H](Cl)OC=C1. The number of nitro groups is 1. The lowest BCUT2D eigenvalue weighted by Gasteiger charge is -2.09. The van der Waals surface area contributed by atoms with Crippen molar-refractivity contribution in [3.05, 3.63) is 34.0 Å². The number of alkyl halides is 1. The molecule has 0 aromatic heterocycles. The summed E-state index contributed by atoms with van der Waals surface area (Å²) in [5, 5.41) is 10.1. The molecule has 0 spiro atoms. The fourth-order valence-corrected chi connectivity index (χ4v) is 0.748. The van der Waals surface area contributed by atoms with Crippen molar-refractivity contribution in [3.8, 4) is 0 Å².